The minimum atomic E-state index is 0.0919. The van der Waals surface area contributed by atoms with Crippen LogP contribution >= 0.6 is 0 Å². The Hall–Kier alpha value is -1.37. The van der Waals surface area contributed by atoms with Crippen molar-refractivity contribution in [3.05, 3.63) is 35.9 Å². The number of rotatable bonds is 4. The summed E-state index contributed by atoms with van der Waals surface area (Å²) in [5, 5.41) is 11.4. The van der Waals surface area contributed by atoms with E-state index in [1.54, 1.807) is 0 Å². The van der Waals surface area contributed by atoms with Gasteiger partial charge in [0.25, 0.3) is 0 Å². The Morgan fingerprint density at radius 1 is 1.26 bits per heavy atom. The Morgan fingerprint density at radius 3 is 2.47 bits per heavy atom. The van der Waals surface area contributed by atoms with Crippen molar-refractivity contribution >= 4 is 0 Å². The normalized spacial score (nSPS) is 25.7. The summed E-state index contributed by atoms with van der Waals surface area (Å²) in [6, 6.07) is 13.7. The maximum Gasteiger partial charge on any atom is 0.0642 e. The van der Waals surface area contributed by atoms with Gasteiger partial charge in [0.15, 0.2) is 0 Å². The minimum Gasteiger partial charge on any atom is -0.246 e. The predicted molar refractivity (Wildman–Crippen MR) is 77.2 cm³/mol. The summed E-state index contributed by atoms with van der Waals surface area (Å²) in [6.45, 7) is 4.52. The molecule has 1 aromatic carbocycles. The van der Waals surface area contributed by atoms with E-state index >= 15 is 0 Å². The number of hydrazine groups is 1. The van der Waals surface area contributed by atoms with Crippen molar-refractivity contribution in [2.75, 3.05) is 0 Å². The highest BCUT2D eigenvalue weighted by molar-refractivity contribution is 5.19. The molecule has 0 bridgehead atoms. The molecule has 0 aromatic heterocycles. The lowest BCUT2D eigenvalue weighted by molar-refractivity contribution is 0.0297. The van der Waals surface area contributed by atoms with Crippen LogP contribution < -0.4 is 5.43 Å². The van der Waals surface area contributed by atoms with Gasteiger partial charge in [-0.15, -0.1) is 0 Å². The lowest BCUT2D eigenvalue weighted by atomic mass is 9.99. The van der Waals surface area contributed by atoms with Crippen LogP contribution in [0.4, 0.5) is 0 Å². The van der Waals surface area contributed by atoms with Gasteiger partial charge in [-0.3, -0.25) is 0 Å². The molecule has 3 heteroatoms. The predicted octanol–water partition coefficient (Wildman–Crippen LogP) is 3.41. The smallest absolute Gasteiger partial charge is 0.0642 e. The first kappa shape index (κ1) is 14.0. The highest BCUT2D eigenvalue weighted by Crippen LogP contribution is 2.24. The van der Waals surface area contributed by atoms with Crippen LogP contribution in [0.3, 0.4) is 0 Å². The van der Waals surface area contributed by atoms with Crippen molar-refractivity contribution in [2.45, 2.75) is 57.7 Å². The zero-order chi connectivity index (χ0) is 13.7. The molecule has 0 saturated carbocycles. The number of hydrogen-bond donors (Lipinski definition) is 1. The number of hydrogen-bond acceptors (Lipinski definition) is 3. The molecule has 1 aliphatic heterocycles. The Kier molecular flexibility index (Phi) is 4.95. The van der Waals surface area contributed by atoms with E-state index in [2.05, 4.69) is 42.5 Å². The van der Waals surface area contributed by atoms with Crippen LogP contribution in [0, 0.1) is 11.3 Å². The Balaban J connectivity index is 2.10. The molecular weight excluding hydrogens is 234 g/mol. The second-order valence-corrected chi connectivity index (χ2v) is 5.49. The number of nitrogens with zero attached hydrogens (tertiary/aromatic N) is 2. The fourth-order valence-electron chi connectivity index (χ4n) is 2.87. The highest BCUT2D eigenvalue weighted by Gasteiger charge is 2.27. The average molecular weight is 257 g/mol. The van der Waals surface area contributed by atoms with E-state index < -0.39 is 0 Å². The first-order valence-corrected chi connectivity index (χ1v) is 7.18. The minimum absolute atomic E-state index is 0.0919. The molecule has 2 rings (SSSR count). The summed E-state index contributed by atoms with van der Waals surface area (Å²) in [5.41, 5.74) is 4.77. The first-order valence-electron chi connectivity index (χ1n) is 7.18. The molecule has 3 unspecified atom stereocenters. The molecule has 0 spiro atoms. The zero-order valence-electron chi connectivity index (χ0n) is 11.8. The molecule has 1 heterocycles. The van der Waals surface area contributed by atoms with Gasteiger partial charge in [0.1, 0.15) is 0 Å². The van der Waals surface area contributed by atoms with Crippen molar-refractivity contribution < 1.29 is 0 Å². The van der Waals surface area contributed by atoms with Crippen molar-refractivity contribution in [2.24, 2.45) is 0 Å². The lowest BCUT2D eigenvalue weighted by Crippen LogP contribution is -2.53. The standard InChI is InChI=1S/C16H23N3/c1-13-7-6-8-14(2)19(13)18-16(11-12-17)15-9-4-3-5-10-15/h3-5,9-10,13-14,16,18H,6-8,11H2,1-2H3. The molecule has 1 fully saturated rings. The van der Waals surface area contributed by atoms with Crippen LogP contribution in [-0.4, -0.2) is 17.1 Å². The van der Waals surface area contributed by atoms with Crippen LogP contribution in [0.1, 0.15) is 51.1 Å². The van der Waals surface area contributed by atoms with Gasteiger partial charge in [0, 0.05) is 12.1 Å². The van der Waals surface area contributed by atoms with E-state index in [0.29, 0.717) is 18.5 Å². The summed E-state index contributed by atoms with van der Waals surface area (Å²) < 4.78 is 0. The molecule has 1 aromatic rings. The van der Waals surface area contributed by atoms with Gasteiger partial charge in [-0.2, -0.15) is 5.26 Å². The third-order valence-corrected chi connectivity index (χ3v) is 4.00. The fourth-order valence-corrected chi connectivity index (χ4v) is 2.87. The van der Waals surface area contributed by atoms with E-state index in [1.807, 2.05) is 18.2 Å². The summed E-state index contributed by atoms with van der Waals surface area (Å²) >= 11 is 0. The number of benzene rings is 1. The van der Waals surface area contributed by atoms with Gasteiger partial charge >= 0.3 is 0 Å². The van der Waals surface area contributed by atoms with Gasteiger partial charge in [0.2, 0.25) is 0 Å². The van der Waals surface area contributed by atoms with Gasteiger partial charge in [-0.05, 0) is 32.3 Å². The first-order chi connectivity index (χ1) is 9.22. The largest absolute Gasteiger partial charge is 0.246 e. The molecular formula is C16H23N3. The molecule has 19 heavy (non-hydrogen) atoms. The maximum atomic E-state index is 9.05. The van der Waals surface area contributed by atoms with Crippen molar-refractivity contribution in [1.29, 1.82) is 5.26 Å². The molecule has 1 N–H and O–H groups in total. The van der Waals surface area contributed by atoms with E-state index in [4.69, 9.17) is 5.26 Å². The van der Waals surface area contributed by atoms with Crippen LogP contribution in [0.5, 0.6) is 0 Å². The van der Waals surface area contributed by atoms with Gasteiger partial charge in [0.05, 0.1) is 18.5 Å². The molecule has 0 radical (unpaired) electrons. The summed E-state index contributed by atoms with van der Waals surface area (Å²) in [5.74, 6) is 0. The average Bonchev–Trinajstić information content (AvgIpc) is 2.43. The summed E-state index contributed by atoms with van der Waals surface area (Å²) in [6.07, 6.45) is 4.26. The fraction of sp³-hybridized carbons (Fsp3) is 0.562. The van der Waals surface area contributed by atoms with Crippen molar-refractivity contribution in [1.82, 2.24) is 10.4 Å². The van der Waals surface area contributed by atoms with Gasteiger partial charge in [-0.25, -0.2) is 10.4 Å². The topological polar surface area (TPSA) is 39.1 Å². The Labute approximate surface area is 116 Å². The quantitative estimate of drug-likeness (QED) is 0.898. The van der Waals surface area contributed by atoms with E-state index in [0.717, 1.165) is 0 Å². The van der Waals surface area contributed by atoms with Gasteiger partial charge < -0.3 is 0 Å². The zero-order valence-corrected chi connectivity index (χ0v) is 11.8. The van der Waals surface area contributed by atoms with Crippen molar-refractivity contribution in [3.8, 4) is 6.07 Å². The second kappa shape index (κ2) is 6.70. The monoisotopic (exact) mass is 257 g/mol. The Bertz CT molecular complexity index is 413. The van der Waals surface area contributed by atoms with Crippen LogP contribution in [0.25, 0.3) is 0 Å². The molecule has 102 valence electrons. The van der Waals surface area contributed by atoms with Crippen LogP contribution in [-0.2, 0) is 0 Å². The maximum absolute atomic E-state index is 9.05. The van der Waals surface area contributed by atoms with E-state index in [9.17, 15) is 0 Å². The molecule has 3 atom stereocenters. The highest BCUT2D eigenvalue weighted by atomic mass is 15.5. The lowest BCUT2D eigenvalue weighted by Gasteiger charge is -2.41. The molecule has 1 aliphatic rings. The summed E-state index contributed by atoms with van der Waals surface area (Å²) in [7, 11) is 0. The second-order valence-electron chi connectivity index (χ2n) is 5.49. The molecule has 0 amide bonds. The number of nitrogens with one attached hydrogen (secondary N) is 1. The molecule has 3 nitrogen and oxygen atoms in total. The van der Waals surface area contributed by atoms with Crippen molar-refractivity contribution in [3.63, 3.8) is 0 Å². The molecule has 1 saturated heterocycles. The van der Waals surface area contributed by atoms with E-state index in [1.165, 1.54) is 24.8 Å². The SMILES string of the molecule is CC1CCCC(C)N1NC(CC#N)c1ccccc1. The molecule has 0 aliphatic carbocycles. The third kappa shape index (κ3) is 3.56. The number of piperidine rings is 1. The van der Waals surface area contributed by atoms with E-state index in [-0.39, 0.29) is 6.04 Å². The number of nitriles is 1. The van der Waals surface area contributed by atoms with Gasteiger partial charge in [-0.1, -0.05) is 36.8 Å². The summed E-state index contributed by atoms with van der Waals surface area (Å²) in [4.78, 5) is 0. The Morgan fingerprint density at radius 2 is 1.89 bits per heavy atom. The third-order valence-electron chi connectivity index (χ3n) is 4.00. The van der Waals surface area contributed by atoms with Crippen LogP contribution in [0.2, 0.25) is 0 Å². The van der Waals surface area contributed by atoms with Crippen LogP contribution in [0.15, 0.2) is 30.3 Å².